The second-order valence-electron chi connectivity index (χ2n) is 5.67. The van der Waals surface area contributed by atoms with Crippen molar-refractivity contribution in [3.05, 3.63) is 59.2 Å². The Morgan fingerprint density at radius 1 is 1.09 bits per heavy atom. The van der Waals surface area contributed by atoms with Crippen LogP contribution in [0.2, 0.25) is 5.02 Å². The Bertz CT molecular complexity index is 810. The van der Waals surface area contributed by atoms with Crippen molar-refractivity contribution >= 4 is 22.5 Å². The van der Waals surface area contributed by atoms with Crippen LogP contribution < -0.4 is 4.74 Å². The second-order valence-corrected chi connectivity index (χ2v) is 6.07. The van der Waals surface area contributed by atoms with Crippen LogP contribution in [-0.4, -0.2) is 11.1 Å². The molecule has 112 valence electrons. The number of pyridine rings is 1. The van der Waals surface area contributed by atoms with E-state index in [2.05, 4.69) is 36.2 Å². The van der Waals surface area contributed by atoms with Gasteiger partial charge in [0.15, 0.2) is 5.75 Å². The Kier molecular flexibility index (Phi) is 4.04. The Balaban J connectivity index is 2.30. The molecule has 3 aromatic rings. The van der Waals surface area contributed by atoms with Gasteiger partial charge in [0.25, 0.3) is 0 Å². The highest BCUT2D eigenvalue weighted by Crippen LogP contribution is 2.40. The maximum Gasteiger partial charge on any atom is 0.153 e. The summed E-state index contributed by atoms with van der Waals surface area (Å²) in [5, 5.41) is 1.60. The molecule has 0 aliphatic heterocycles. The molecule has 0 atom stereocenters. The number of benzene rings is 2. The van der Waals surface area contributed by atoms with Gasteiger partial charge in [0.05, 0.1) is 11.1 Å². The summed E-state index contributed by atoms with van der Waals surface area (Å²) in [5.74, 6) is 0.791. The van der Waals surface area contributed by atoms with Gasteiger partial charge in [0, 0.05) is 17.1 Å². The summed E-state index contributed by atoms with van der Waals surface area (Å²) in [6.07, 6.45) is 1.83. The molecule has 22 heavy (non-hydrogen) atoms. The van der Waals surface area contributed by atoms with Gasteiger partial charge in [-0.2, -0.15) is 0 Å². The lowest BCUT2D eigenvalue weighted by Gasteiger charge is -2.17. The molecule has 2 aromatic carbocycles. The smallest absolute Gasteiger partial charge is 0.153 e. The highest BCUT2D eigenvalue weighted by Gasteiger charge is 2.16. The van der Waals surface area contributed by atoms with Gasteiger partial charge < -0.3 is 4.74 Å². The van der Waals surface area contributed by atoms with E-state index >= 15 is 0 Å². The summed E-state index contributed by atoms with van der Waals surface area (Å²) < 4.78 is 6.08. The normalized spacial score (nSPS) is 11.1. The number of aryl methyl sites for hydroxylation is 1. The van der Waals surface area contributed by atoms with E-state index in [1.807, 2.05) is 32.0 Å². The molecule has 0 spiro atoms. The quantitative estimate of drug-likeness (QED) is 0.623. The Morgan fingerprint density at radius 3 is 2.50 bits per heavy atom. The number of halogens is 1. The van der Waals surface area contributed by atoms with E-state index in [0.29, 0.717) is 5.02 Å². The summed E-state index contributed by atoms with van der Waals surface area (Å²) >= 11 is 6.46. The van der Waals surface area contributed by atoms with Gasteiger partial charge in [-0.05, 0) is 44.5 Å². The average Bonchev–Trinajstić information content (AvgIpc) is 2.51. The molecule has 2 nitrogen and oxygen atoms in total. The molecule has 0 aliphatic carbocycles. The van der Waals surface area contributed by atoms with Crippen LogP contribution in [0.25, 0.3) is 22.0 Å². The molecule has 1 heterocycles. The van der Waals surface area contributed by atoms with Crippen LogP contribution in [0.3, 0.4) is 0 Å². The van der Waals surface area contributed by atoms with E-state index in [1.165, 1.54) is 5.56 Å². The molecule has 0 aliphatic rings. The van der Waals surface area contributed by atoms with E-state index in [9.17, 15) is 0 Å². The first-order valence-corrected chi connectivity index (χ1v) is 7.75. The summed E-state index contributed by atoms with van der Waals surface area (Å²) in [5.41, 5.74) is 4.08. The third-order valence-electron chi connectivity index (χ3n) is 3.51. The van der Waals surface area contributed by atoms with E-state index in [1.54, 1.807) is 6.20 Å². The van der Waals surface area contributed by atoms with Crippen molar-refractivity contribution in [1.82, 2.24) is 4.98 Å². The lowest BCUT2D eigenvalue weighted by atomic mass is 10.0. The van der Waals surface area contributed by atoms with Crippen molar-refractivity contribution in [3.8, 4) is 16.9 Å². The maximum absolute atomic E-state index is 6.46. The number of fused-ring (bicyclic) bond motifs is 1. The zero-order chi connectivity index (χ0) is 15.7. The first-order chi connectivity index (χ1) is 10.6. The van der Waals surface area contributed by atoms with Crippen LogP contribution in [0.4, 0.5) is 0 Å². The largest absolute Gasteiger partial charge is 0.488 e. The zero-order valence-electron chi connectivity index (χ0n) is 12.9. The molecule has 0 bridgehead atoms. The molecule has 0 radical (unpaired) electrons. The summed E-state index contributed by atoms with van der Waals surface area (Å²) in [6.45, 7) is 6.11. The van der Waals surface area contributed by atoms with Crippen LogP contribution >= 0.6 is 11.6 Å². The zero-order valence-corrected chi connectivity index (χ0v) is 13.7. The Hall–Kier alpha value is -2.06. The van der Waals surface area contributed by atoms with Gasteiger partial charge >= 0.3 is 0 Å². The SMILES string of the molecule is Cc1ccc(-c2cc(Cl)c3cccnc3c2OC(C)C)cc1. The molecule has 0 fully saturated rings. The predicted octanol–water partition coefficient (Wildman–Crippen LogP) is 5.65. The minimum atomic E-state index is 0.0654. The van der Waals surface area contributed by atoms with Gasteiger partial charge in [0.1, 0.15) is 5.52 Å². The van der Waals surface area contributed by atoms with Gasteiger partial charge in [0.2, 0.25) is 0 Å². The van der Waals surface area contributed by atoms with E-state index in [0.717, 1.165) is 27.8 Å². The maximum atomic E-state index is 6.46. The van der Waals surface area contributed by atoms with Crippen molar-refractivity contribution in [2.45, 2.75) is 26.9 Å². The van der Waals surface area contributed by atoms with E-state index in [4.69, 9.17) is 16.3 Å². The first kappa shape index (κ1) is 14.9. The summed E-state index contributed by atoms with van der Waals surface area (Å²) in [4.78, 5) is 4.49. The predicted molar refractivity (Wildman–Crippen MR) is 92.7 cm³/mol. The lowest BCUT2D eigenvalue weighted by molar-refractivity contribution is 0.246. The number of nitrogens with zero attached hydrogens (tertiary/aromatic N) is 1. The highest BCUT2D eigenvalue weighted by atomic mass is 35.5. The molecule has 0 N–H and O–H groups in total. The van der Waals surface area contributed by atoms with Gasteiger partial charge in [-0.1, -0.05) is 41.4 Å². The highest BCUT2D eigenvalue weighted by molar-refractivity contribution is 6.36. The monoisotopic (exact) mass is 311 g/mol. The fraction of sp³-hybridized carbons (Fsp3) is 0.211. The molecular formula is C19H18ClNO. The van der Waals surface area contributed by atoms with E-state index < -0.39 is 0 Å². The number of ether oxygens (including phenoxy) is 1. The first-order valence-electron chi connectivity index (χ1n) is 7.37. The van der Waals surface area contributed by atoms with Crippen molar-refractivity contribution in [1.29, 1.82) is 0 Å². The number of rotatable bonds is 3. The standard InChI is InChI=1S/C19H18ClNO/c1-12(2)22-19-16(14-8-6-13(3)7-9-14)11-17(20)15-5-4-10-21-18(15)19/h4-12H,1-3H3. The Morgan fingerprint density at radius 2 is 1.82 bits per heavy atom. The molecule has 0 unspecified atom stereocenters. The van der Waals surface area contributed by atoms with Crippen molar-refractivity contribution in [2.24, 2.45) is 0 Å². The van der Waals surface area contributed by atoms with Crippen molar-refractivity contribution in [2.75, 3.05) is 0 Å². The summed E-state index contributed by atoms with van der Waals surface area (Å²) in [6, 6.07) is 14.2. The molecular weight excluding hydrogens is 294 g/mol. The van der Waals surface area contributed by atoms with Crippen molar-refractivity contribution < 1.29 is 4.74 Å². The minimum Gasteiger partial charge on any atom is -0.488 e. The topological polar surface area (TPSA) is 22.1 Å². The van der Waals surface area contributed by atoms with E-state index in [-0.39, 0.29) is 6.10 Å². The van der Waals surface area contributed by atoms with Gasteiger partial charge in [-0.25, -0.2) is 0 Å². The van der Waals surface area contributed by atoms with Crippen LogP contribution in [0, 0.1) is 6.92 Å². The number of aromatic nitrogens is 1. The Labute approximate surface area is 135 Å². The average molecular weight is 312 g/mol. The van der Waals surface area contributed by atoms with Crippen LogP contribution in [0.5, 0.6) is 5.75 Å². The fourth-order valence-electron chi connectivity index (χ4n) is 2.48. The second kappa shape index (κ2) is 5.98. The van der Waals surface area contributed by atoms with Crippen LogP contribution in [0.15, 0.2) is 48.7 Å². The van der Waals surface area contributed by atoms with Crippen LogP contribution in [0.1, 0.15) is 19.4 Å². The third kappa shape index (κ3) is 2.79. The van der Waals surface area contributed by atoms with Gasteiger partial charge in [-0.15, -0.1) is 0 Å². The molecule has 0 saturated carbocycles. The summed E-state index contributed by atoms with van der Waals surface area (Å²) in [7, 11) is 0. The van der Waals surface area contributed by atoms with Gasteiger partial charge in [-0.3, -0.25) is 4.98 Å². The molecule has 0 amide bonds. The minimum absolute atomic E-state index is 0.0654. The van der Waals surface area contributed by atoms with Crippen LogP contribution in [-0.2, 0) is 0 Å². The number of hydrogen-bond acceptors (Lipinski definition) is 2. The molecule has 1 aromatic heterocycles. The fourth-order valence-corrected chi connectivity index (χ4v) is 2.74. The molecule has 3 heteroatoms. The third-order valence-corrected chi connectivity index (χ3v) is 3.82. The number of hydrogen-bond donors (Lipinski definition) is 0. The lowest BCUT2D eigenvalue weighted by Crippen LogP contribution is -2.07. The molecule has 3 rings (SSSR count). The van der Waals surface area contributed by atoms with Crippen molar-refractivity contribution in [3.63, 3.8) is 0 Å². The molecule has 0 saturated heterocycles.